The van der Waals surface area contributed by atoms with Crippen LogP contribution in [0.2, 0.25) is 0 Å². The van der Waals surface area contributed by atoms with E-state index in [0.29, 0.717) is 12.4 Å². The van der Waals surface area contributed by atoms with E-state index in [4.69, 9.17) is 10.7 Å². The largest absolute Gasteiger partial charge is 0.398 e. The molecule has 9 aromatic rings. The lowest BCUT2D eigenvalue weighted by atomic mass is 9.67. The van der Waals surface area contributed by atoms with Gasteiger partial charge in [0.05, 0.1) is 22.2 Å². The van der Waals surface area contributed by atoms with Crippen molar-refractivity contribution >= 4 is 33.2 Å². The summed E-state index contributed by atoms with van der Waals surface area (Å²) in [6, 6.07) is 71.7. The number of nitrogens with two attached hydrogens (primary N) is 1. The Bertz CT molecular complexity index is 2790. The molecule has 0 saturated heterocycles. The molecule has 256 valence electrons. The molecule has 3 nitrogen and oxygen atoms in total. The van der Waals surface area contributed by atoms with Gasteiger partial charge in [0, 0.05) is 27.6 Å². The van der Waals surface area contributed by atoms with Gasteiger partial charge in [-0.3, -0.25) is 4.99 Å². The molecule has 0 amide bonds. The quantitative estimate of drug-likeness (QED) is 0.131. The average Bonchev–Trinajstić information content (AvgIpc) is 3.71. The number of aliphatic imine (C=N–C) groups is 1. The van der Waals surface area contributed by atoms with Gasteiger partial charge < -0.3 is 10.3 Å². The Morgan fingerprint density at radius 2 is 1.07 bits per heavy atom. The van der Waals surface area contributed by atoms with Gasteiger partial charge in [0.15, 0.2) is 0 Å². The van der Waals surface area contributed by atoms with Crippen molar-refractivity contribution in [3.05, 3.63) is 234 Å². The first-order valence-corrected chi connectivity index (χ1v) is 18.5. The molecule has 0 unspecified atom stereocenters. The van der Waals surface area contributed by atoms with Crippen molar-refractivity contribution in [2.45, 2.75) is 12.1 Å². The maximum atomic E-state index is 6.65. The molecular weight excluding hydrogens is 655 g/mol. The van der Waals surface area contributed by atoms with Gasteiger partial charge in [0.1, 0.15) is 6.67 Å². The number of hydrogen-bond acceptors (Lipinski definition) is 2. The van der Waals surface area contributed by atoms with Crippen molar-refractivity contribution in [1.29, 1.82) is 0 Å². The van der Waals surface area contributed by atoms with E-state index in [1.807, 2.05) is 24.3 Å². The molecule has 0 bridgehead atoms. The summed E-state index contributed by atoms with van der Waals surface area (Å²) >= 11 is 0. The van der Waals surface area contributed by atoms with Crippen molar-refractivity contribution in [1.82, 2.24) is 4.57 Å². The summed E-state index contributed by atoms with van der Waals surface area (Å²) in [5.74, 6) is 0. The highest BCUT2D eigenvalue weighted by Gasteiger charge is 2.46. The Kier molecular flexibility index (Phi) is 7.59. The third-order valence-corrected chi connectivity index (χ3v) is 11.2. The molecule has 0 spiro atoms. The lowest BCUT2D eigenvalue weighted by Crippen LogP contribution is -2.28. The van der Waals surface area contributed by atoms with Crippen LogP contribution < -0.4 is 5.73 Å². The fourth-order valence-electron chi connectivity index (χ4n) is 8.77. The van der Waals surface area contributed by atoms with E-state index >= 15 is 0 Å². The lowest BCUT2D eigenvalue weighted by Gasteiger charge is -2.33. The first kappa shape index (κ1) is 31.7. The minimum absolute atomic E-state index is 0.428. The standard InChI is InChI=1S/C51H37N3/c52-47-26-14-11-24-42(47)50(37-30-28-36(29-31-37)35-16-4-1-5-17-35)53-34-54-48-27-15-12-23-41(48)44-32-46-43(33-49(44)54)40-22-10-13-25-45(40)51(46,38-18-6-2-7-19-38)39-20-8-3-9-21-39/h1-33H,34,52H2/b53-50-. The number of hydrogen-bond donors (Lipinski definition) is 1. The Morgan fingerprint density at radius 3 is 1.80 bits per heavy atom. The Hall–Kier alpha value is -6.97. The van der Waals surface area contributed by atoms with Crippen LogP contribution >= 0.6 is 0 Å². The summed E-state index contributed by atoms with van der Waals surface area (Å²) in [4.78, 5) is 5.43. The second-order valence-electron chi connectivity index (χ2n) is 14.1. The zero-order valence-electron chi connectivity index (χ0n) is 29.7. The summed E-state index contributed by atoms with van der Waals surface area (Å²) in [6.45, 7) is 0.428. The molecule has 54 heavy (non-hydrogen) atoms. The van der Waals surface area contributed by atoms with Gasteiger partial charge >= 0.3 is 0 Å². The van der Waals surface area contributed by atoms with E-state index in [2.05, 4.69) is 180 Å². The Labute approximate surface area is 315 Å². The molecule has 8 aromatic carbocycles. The molecule has 0 atom stereocenters. The number of anilines is 1. The average molecular weight is 692 g/mol. The molecule has 1 heterocycles. The van der Waals surface area contributed by atoms with Gasteiger partial charge in [-0.2, -0.15) is 0 Å². The van der Waals surface area contributed by atoms with Crippen LogP contribution in [-0.4, -0.2) is 10.3 Å². The molecule has 0 radical (unpaired) electrons. The summed E-state index contributed by atoms with van der Waals surface area (Å²) in [5, 5.41) is 2.43. The highest BCUT2D eigenvalue weighted by atomic mass is 15.1. The normalized spacial score (nSPS) is 13.2. The molecule has 10 rings (SSSR count). The number of rotatable bonds is 7. The van der Waals surface area contributed by atoms with Crippen LogP contribution in [-0.2, 0) is 12.1 Å². The Morgan fingerprint density at radius 1 is 0.481 bits per heavy atom. The van der Waals surface area contributed by atoms with Crippen LogP contribution in [0, 0.1) is 0 Å². The highest BCUT2D eigenvalue weighted by Crippen LogP contribution is 2.57. The van der Waals surface area contributed by atoms with E-state index in [-0.39, 0.29) is 0 Å². The van der Waals surface area contributed by atoms with Crippen LogP contribution in [0.25, 0.3) is 44.1 Å². The summed E-state index contributed by atoms with van der Waals surface area (Å²) in [6.07, 6.45) is 0. The van der Waals surface area contributed by atoms with Crippen LogP contribution in [0.5, 0.6) is 0 Å². The molecule has 1 aromatic heterocycles. The van der Waals surface area contributed by atoms with Crippen LogP contribution in [0.3, 0.4) is 0 Å². The van der Waals surface area contributed by atoms with Crippen molar-refractivity contribution in [3.63, 3.8) is 0 Å². The van der Waals surface area contributed by atoms with Crippen molar-refractivity contribution in [2.24, 2.45) is 4.99 Å². The second kappa shape index (κ2) is 12.9. The SMILES string of the molecule is Nc1ccccc1/C(=N\Cn1c2ccccc2c2cc3c(cc21)-c1ccccc1C3(c1ccccc1)c1ccccc1)c1ccc(-c2ccccc2)cc1. The summed E-state index contributed by atoms with van der Waals surface area (Å²) < 4.78 is 2.37. The number of benzene rings is 8. The van der Waals surface area contributed by atoms with Crippen LogP contribution in [0.1, 0.15) is 33.4 Å². The van der Waals surface area contributed by atoms with Gasteiger partial charge in [-0.05, 0) is 68.8 Å². The van der Waals surface area contributed by atoms with E-state index in [0.717, 1.165) is 27.9 Å². The molecular formula is C51H37N3. The number of nitrogen functional groups attached to an aromatic ring is 1. The lowest BCUT2D eigenvalue weighted by molar-refractivity contribution is 0.768. The number of para-hydroxylation sites is 2. The fraction of sp³-hybridized carbons (Fsp3) is 0.0392. The maximum Gasteiger partial charge on any atom is 0.115 e. The second-order valence-corrected chi connectivity index (χ2v) is 14.1. The van der Waals surface area contributed by atoms with Crippen molar-refractivity contribution in [2.75, 3.05) is 5.73 Å². The number of fused-ring (bicyclic) bond motifs is 6. The van der Waals surface area contributed by atoms with Gasteiger partial charge in [-0.1, -0.05) is 176 Å². The summed E-state index contributed by atoms with van der Waals surface area (Å²) in [7, 11) is 0. The molecule has 0 saturated carbocycles. The van der Waals surface area contributed by atoms with Crippen LogP contribution in [0.15, 0.2) is 205 Å². The third-order valence-electron chi connectivity index (χ3n) is 11.2. The zero-order chi connectivity index (χ0) is 36.1. The number of nitrogens with zero attached hydrogens (tertiary/aromatic N) is 2. The minimum atomic E-state index is -0.464. The molecule has 0 fully saturated rings. The monoisotopic (exact) mass is 691 g/mol. The fourth-order valence-corrected chi connectivity index (χ4v) is 8.77. The minimum Gasteiger partial charge on any atom is -0.398 e. The van der Waals surface area contributed by atoms with E-state index in [1.54, 1.807) is 0 Å². The molecule has 1 aliphatic carbocycles. The zero-order valence-corrected chi connectivity index (χ0v) is 29.7. The van der Waals surface area contributed by atoms with E-state index in [1.165, 1.54) is 55.3 Å². The molecule has 1 aliphatic rings. The topological polar surface area (TPSA) is 43.3 Å². The maximum absolute atomic E-state index is 6.65. The van der Waals surface area contributed by atoms with Gasteiger partial charge in [-0.15, -0.1) is 0 Å². The smallest absolute Gasteiger partial charge is 0.115 e. The predicted molar refractivity (Wildman–Crippen MR) is 225 cm³/mol. The molecule has 3 heteroatoms. The first-order chi connectivity index (χ1) is 26.7. The van der Waals surface area contributed by atoms with E-state index < -0.39 is 5.41 Å². The first-order valence-electron chi connectivity index (χ1n) is 18.5. The molecule has 0 aliphatic heterocycles. The Balaban J connectivity index is 1.19. The highest BCUT2D eigenvalue weighted by molar-refractivity contribution is 6.16. The van der Waals surface area contributed by atoms with Crippen molar-refractivity contribution in [3.8, 4) is 22.3 Å². The van der Waals surface area contributed by atoms with E-state index in [9.17, 15) is 0 Å². The van der Waals surface area contributed by atoms with Gasteiger partial charge in [-0.25, -0.2) is 0 Å². The third kappa shape index (κ3) is 4.93. The predicted octanol–water partition coefficient (Wildman–Crippen LogP) is 11.9. The summed E-state index contributed by atoms with van der Waals surface area (Å²) in [5.41, 5.74) is 22.0. The van der Waals surface area contributed by atoms with Gasteiger partial charge in [0.2, 0.25) is 0 Å². The van der Waals surface area contributed by atoms with Crippen molar-refractivity contribution < 1.29 is 0 Å². The van der Waals surface area contributed by atoms with Gasteiger partial charge in [0.25, 0.3) is 0 Å². The number of aromatic nitrogens is 1. The van der Waals surface area contributed by atoms with Crippen LogP contribution in [0.4, 0.5) is 5.69 Å². The molecule has 2 N–H and O–H groups in total.